The summed E-state index contributed by atoms with van der Waals surface area (Å²) in [7, 11) is 0. The first-order valence-corrected chi connectivity index (χ1v) is 3.95. The minimum absolute atomic E-state index is 0. The monoisotopic (exact) mass is 189 g/mol. The van der Waals surface area contributed by atoms with E-state index in [1.165, 1.54) is 25.7 Å². The van der Waals surface area contributed by atoms with Crippen molar-refractivity contribution in [2.45, 2.75) is 52.1 Å². The molecule has 0 saturated carbocycles. The van der Waals surface area contributed by atoms with E-state index in [4.69, 9.17) is 5.11 Å². The van der Waals surface area contributed by atoms with Gasteiger partial charge in [0.15, 0.2) is 0 Å². The van der Waals surface area contributed by atoms with Crippen molar-refractivity contribution in [2.24, 2.45) is 0 Å². The van der Waals surface area contributed by atoms with E-state index in [1.807, 2.05) is 6.92 Å². The standard InChI is InChI=1S/C8H18O.ClH.Mg/c1-3-4-5-6-7-8(2)9;;/h8-9H,3-7H2,1-2H3;1H;/q;;+2/p-1. The molecular weight excluding hydrogens is 172 g/mol. The van der Waals surface area contributed by atoms with Gasteiger partial charge >= 0.3 is 23.1 Å². The zero-order valence-electron chi connectivity index (χ0n) is 7.65. The van der Waals surface area contributed by atoms with Crippen LogP contribution in [0.25, 0.3) is 0 Å². The molecule has 0 aromatic rings. The van der Waals surface area contributed by atoms with E-state index in [2.05, 4.69) is 6.92 Å². The Balaban J connectivity index is -0.000000320. The third kappa shape index (κ3) is 18.2. The van der Waals surface area contributed by atoms with Crippen LogP contribution in [0.15, 0.2) is 0 Å². The molecule has 1 atom stereocenters. The van der Waals surface area contributed by atoms with E-state index in [0.717, 1.165) is 6.42 Å². The van der Waals surface area contributed by atoms with Gasteiger partial charge < -0.3 is 17.5 Å². The summed E-state index contributed by atoms with van der Waals surface area (Å²) in [6.45, 7) is 4.05. The number of aliphatic hydroxyl groups excluding tert-OH is 1. The summed E-state index contributed by atoms with van der Waals surface area (Å²) in [5.41, 5.74) is 0. The number of aliphatic hydroxyl groups is 1. The topological polar surface area (TPSA) is 20.2 Å². The number of hydrogen-bond donors (Lipinski definition) is 1. The molecule has 3 heteroatoms. The average molecular weight is 190 g/mol. The van der Waals surface area contributed by atoms with Crippen molar-refractivity contribution < 1.29 is 17.5 Å². The quantitative estimate of drug-likeness (QED) is 0.433. The Morgan fingerprint density at radius 1 is 1.18 bits per heavy atom. The van der Waals surface area contributed by atoms with Crippen molar-refractivity contribution >= 4 is 23.1 Å². The van der Waals surface area contributed by atoms with E-state index < -0.39 is 0 Å². The summed E-state index contributed by atoms with van der Waals surface area (Å²) in [6, 6.07) is 0. The fourth-order valence-electron chi connectivity index (χ4n) is 0.867. The second-order valence-corrected chi connectivity index (χ2v) is 2.70. The molecule has 64 valence electrons. The van der Waals surface area contributed by atoms with Gasteiger partial charge in [-0.2, -0.15) is 0 Å². The van der Waals surface area contributed by atoms with Gasteiger partial charge in [0.2, 0.25) is 0 Å². The predicted molar refractivity (Wildman–Crippen MR) is 46.2 cm³/mol. The van der Waals surface area contributed by atoms with E-state index >= 15 is 0 Å². The van der Waals surface area contributed by atoms with Gasteiger partial charge in [-0.25, -0.2) is 0 Å². The molecule has 0 aromatic carbocycles. The minimum atomic E-state index is -0.0955. The minimum Gasteiger partial charge on any atom is -1.00 e. The summed E-state index contributed by atoms with van der Waals surface area (Å²) < 4.78 is 0. The Bertz CT molecular complexity index is 60.1. The number of unbranched alkanes of at least 4 members (excludes halogenated alkanes) is 3. The van der Waals surface area contributed by atoms with Crippen LogP contribution in [0.2, 0.25) is 0 Å². The van der Waals surface area contributed by atoms with Gasteiger partial charge in [-0.3, -0.25) is 0 Å². The second kappa shape index (κ2) is 13.6. The maximum Gasteiger partial charge on any atom is 2.00 e. The van der Waals surface area contributed by atoms with E-state index in [1.54, 1.807) is 0 Å². The molecule has 1 unspecified atom stereocenters. The summed E-state index contributed by atoms with van der Waals surface area (Å²) in [4.78, 5) is 0. The first-order chi connectivity index (χ1) is 4.27. The van der Waals surface area contributed by atoms with Gasteiger partial charge in [-0.15, -0.1) is 0 Å². The van der Waals surface area contributed by atoms with Crippen molar-refractivity contribution in [3.63, 3.8) is 0 Å². The van der Waals surface area contributed by atoms with E-state index in [-0.39, 0.29) is 41.6 Å². The largest absolute Gasteiger partial charge is 2.00 e. The predicted octanol–water partition coefficient (Wildman–Crippen LogP) is -1.04. The molecule has 1 nitrogen and oxygen atoms in total. The van der Waals surface area contributed by atoms with Crippen LogP contribution < -0.4 is 12.4 Å². The Morgan fingerprint density at radius 2 is 1.73 bits per heavy atom. The van der Waals surface area contributed by atoms with Gasteiger partial charge in [0.25, 0.3) is 0 Å². The Morgan fingerprint density at radius 3 is 2.09 bits per heavy atom. The first kappa shape index (κ1) is 17.9. The molecule has 0 amide bonds. The molecule has 11 heavy (non-hydrogen) atoms. The molecule has 0 radical (unpaired) electrons. The molecule has 0 aliphatic heterocycles. The van der Waals surface area contributed by atoms with Crippen LogP contribution in [-0.4, -0.2) is 34.3 Å². The summed E-state index contributed by atoms with van der Waals surface area (Å²) in [5, 5.41) is 8.85. The van der Waals surface area contributed by atoms with Gasteiger partial charge in [-0.1, -0.05) is 32.6 Å². The molecule has 0 fully saturated rings. The van der Waals surface area contributed by atoms with Crippen molar-refractivity contribution in [1.29, 1.82) is 0 Å². The van der Waals surface area contributed by atoms with Crippen LogP contribution in [-0.2, 0) is 0 Å². The van der Waals surface area contributed by atoms with Crippen molar-refractivity contribution in [3.05, 3.63) is 0 Å². The maximum atomic E-state index is 8.85. The Hall–Kier alpha value is 1.02. The van der Waals surface area contributed by atoms with Crippen LogP contribution in [0, 0.1) is 0 Å². The fraction of sp³-hybridized carbons (Fsp3) is 1.00. The third-order valence-corrected chi connectivity index (χ3v) is 1.48. The molecule has 0 rings (SSSR count). The molecule has 1 N–H and O–H groups in total. The summed E-state index contributed by atoms with van der Waals surface area (Å²) >= 11 is 0. The Kier molecular flexibility index (Phi) is 22.2. The molecule has 0 bridgehead atoms. The van der Waals surface area contributed by atoms with Gasteiger partial charge in [-0.05, 0) is 13.3 Å². The normalized spacial score (nSPS) is 11.2. The smallest absolute Gasteiger partial charge is 1.00 e. The van der Waals surface area contributed by atoms with Gasteiger partial charge in [0.1, 0.15) is 0 Å². The Labute approximate surface area is 92.5 Å². The number of rotatable bonds is 5. The molecule has 0 aliphatic carbocycles. The fourth-order valence-corrected chi connectivity index (χ4v) is 0.867. The van der Waals surface area contributed by atoms with Gasteiger partial charge in [0.05, 0.1) is 6.10 Å². The summed E-state index contributed by atoms with van der Waals surface area (Å²) in [5.74, 6) is 0. The number of hydrogen-bond acceptors (Lipinski definition) is 1. The summed E-state index contributed by atoms with van der Waals surface area (Å²) in [6.07, 6.45) is 5.93. The van der Waals surface area contributed by atoms with E-state index in [0.29, 0.717) is 0 Å². The maximum absolute atomic E-state index is 8.85. The van der Waals surface area contributed by atoms with Crippen LogP contribution in [0.5, 0.6) is 0 Å². The second-order valence-electron chi connectivity index (χ2n) is 2.70. The van der Waals surface area contributed by atoms with Crippen molar-refractivity contribution in [2.75, 3.05) is 0 Å². The molecular formula is C8H18ClMgO+. The van der Waals surface area contributed by atoms with E-state index in [9.17, 15) is 0 Å². The molecule has 0 spiro atoms. The molecule has 0 heterocycles. The SMILES string of the molecule is CCCCCCC(C)O.[Cl-].[Mg+2]. The zero-order chi connectivity index (χ0) is 7.11. The van der Waals surface area contributed by atoms with Crippen LogP contribution >= 0.6 is 0 Å². The molecule has 0 saturated heterocycles. The first-order valence-electron chi connectivity index (χ1n) is 3.95. The zero-order valence-corrected chi connectivity index (χ0v) is 9.82. The molecule has 0 aromatic heterocycles. The van der Waals surface area contributed by atoms with Gasteiger partial charge in [0, 0.05) is 0 Å². The van der Waals surface area contributed by atoms with Crippen molar-refractivity contribution in [3.8, 4) is 0 Å². The van der Waals surface area contributed by atoms with Crippen LogP contribution in [0.3, 0.4) is 0 Å². The molecule has 0 aliphatic rings. The van der Waals surface area contributed by atoms with Crippen molar-refractivity contribution in [1.82, 2.24) is 0 Å². The number of halogens is 1. The average Bonchev–Trinajstić information content (AvgIpc) is 1.80. The van der Waals surface area contributed by atoms with Crippen LogP contribution in [0.4, 0.5) is 0 Å². The third-order valence-electron chi connectivity index (χ3n) is 1.48. The van der Waals surface area contributed by atoms with Crippen LogP contribution in [0.1, 0.15) is 46.0 Å².